The van der Waals surface area contributed by atoms with Crippen LogP contribution in [0.4, 0.5) is 0 Å². The second-order valence-corrected chi connectivity index (χ2v) is 3.56. The van der Waals surface area contributed by atoms with E-state index in [2.05, 4.69) is 15.3 Å². The van der Waals surface area contributed by atoms with Crippen LogP contribution < -0.4 is 10.1 Å². The summed E-state index contributed by atoms with van der Waals surface area (Å²) in [5.41, 5.74) is 0.948. The van der Waals surface area contributed by atoms with E-state index in [0.717, 1.165) is 31.6 Å². The molecular weight excluding hydrogens is 214 g/mol. The van der Waals surface area contributed by atoms with E-state index in [4.69, 9.17) is 4.74 Å². The van der Waals surface area contributed by atoms with Gasteiger partial charge >= 0.3 is 0 Å². The van der Waals surface area contributed by atoms with Gasteiger partial charge in [-0.15, -0.1) is 12.4 Å². The molecule has 1 aliphatic heterocycles. The second kappa shape index (κ2) is 5.88. The molecule has 0 aromatic carbocycles. The molecular formula is C10H16ClN3O. The van der Waals surface area contributed by atoms with Crippen molar-refractivity contribution < 1.29 is 4.74 Å². The Morgan fingerprint density at radius 2 is 2.07 bits per heavy atom. The maximum atomic E-state index is 5.74. The number of nitrogens with one attached hydrogen (secondary N) is 1. The fraction of sp³-hybridized carbons (Fsp3) is 0.600. The summed E-state index contributed by atoms with van der Waals surface area (Å²) in [4.78, 5) is 8.11. The Hall–Kier alpha value is -0.870. The molecule has 0 amide bonds. The molecule has 2 rings (SSSR count). The van der Waals surface area contributed by atoms with Crippen LogP contribution in [0.25, 0.3) is 0 Å². The zero-order chi connectivity index (χ0) is 9.80. The van der Waals surface area contributed by atoms with E-state index in [1.54, 1.807) is 6.33 Å². The highest BCUT2D eigenvalue weighted by molar-refractivity contribution is 5.85. The first-order valence-electron chi connectivity index (χ1n) is 5.00. The summed E-state index contributed by atoms with van der Waals surface area (Å²) in [5, 5.41) is 3.30. The average molecular weight is 230 g/mol. The predicted octanol–water partition coefficient (Wildman–Crippen LogP) is 1.34. The molecule has 84 valence electrons. The Balaban J connectivity index is 0.00000112. The van der Waals surface area contributed by atoms with Crippen molar-refractivity contribution in [3.8, 4) is 5.88 Å². The third-order valence-corrected chi connectivity index (χ3v) is 2.35. The molecule has 0 bridgehead atoms. The van der Waals surface area contributed by atoms with E-state index in [1.807, 2.05) is 13.0 Å². The Morgan fingerprint density at radius 3 is 2.73 bits per heavy atom. The summed E-state index contributed by atoms with van der Waals surface area (Å²) in [7, 11) is 0. The minimum absolute atomic E-state index is 0. The first-order valence-corrected chi connectivity index (χ1v) is 5.00. The molecule has 1 saturated heterocycles. The van der Waals surface area contributed by atoms with Gasteiger partial charge in [-0.2, -0.15) is 0 Å². The van der Waals surface area contributed by atoms with E-state index in [9.17, 15) is 0 Å². The molecule has 0 saturated carbocycles. The van der Waals surface area contributed by atoms with Crippen molar-refractivity contribution >= 4 is 12.4 Å². The molecule has 1 aromatic rings. The smallest absolute Gasteiger partial charge is 0.216 e. The molecule has 5 heteroatoms. The topological polar surface area (TPSA) is 47.0 Å². The average Bonchev–Trinajstić information content (AvgIpc) is 2.19. The van der Waals surface area contributed by atoms with Gasteiger partial charge in [0.25, 0.3) is 0 Å². The lowest BCUT2D eigenvalue weighted by Crippen LogP contribution is -2.34. The van der Waals surface area contributed by atoms with Gasteiger partial charge in [0.05, 0.1) is 0 Å². The van der Waals surface area contributed by atoms with Crippen LogP contribution in [-0.2, 0) is 0 Å². The monoisotopic (exact) mass is 229 g/mol. The number of rotatable bonds is 2. The van der Waals surface area contributed by atoms with Gasteiger partial charge in [0, 0.05) is 11.8 Å². The first kappa shape index (κ1) is 12.2. The SMILES string of the molecule is Cc1cc(OC2CCNCC2)ncn1.Cl. The van der Waals surface area contributed by atoms with Crippen molar-refractivity contribution in [2.75, 3.05) is 13.1 Å². The molecule has 0 unspecified atom stereocenters. The van der Waals surface area contributed by atoms with Crippen molar-refractivity contribution in [3.05, 3.63) is 18.1 Å². The molecule has 0 spiro atoms. The zero-order valence-electron chi connectivity index (χ0n) is 8.77. The van der Waals surface area contributed by atoms with Crippen molar-refractivity contribution in [3.63, 3.8) is 0 Å². The summed E-state index contributed by atoms with van der Waals surface area (Å²) in [6, 6.07) is 1.88. The number of aromatic nitrogens is 2. The van der Waals surface area contributed by atoms with Gasteiger partial charge in [-0.25, -0.2) is 9.97 Å². The molecule has 0 radical (unpaired) electrons. The number of hydrogen-bond donors (Lipinski definition) is 1. The van der Waals surface area contributed by atoms with Gasteiger partial charge in [-0.1, -0.05) is 0 Å². The third kappa shape index (κ3) is 3.64. The highest BCUT2D eigenvalue weighted by Gasteiger charge is 2.14. The fourth-order valence-corrected chi connectivity index (χ4v) is 1.58. The lowest BCUT2D eigenvalue weighted by Gasteiger charge is -2.23. The molecule has 1 aliphatic rings. The van der Waals surface area contributed by atoms with Crippen LogP contribution in [0, 0.1) is 6.92 Å². The van der Waals surface area contributed by atoms with Crippen LogP contribution >= 0.6 is 12.4 Å². The third-order valence-electron chi connectivity index (χ3n) is 2.35. The summed E-state index contributed by atoms with van der Waals surface area (Å²) in [5.74, 6) is 0.699. The highest BCUT2D eigenvalue weighted by Crippen LogP contribution is 2.13. The maximum Gasteiger partial charge on any atom is 0.216 e. The molecule has 2 heterocycles. The van der Waals surface area contributed by atoms with E-state index >= 15 is 0 Å². The Labute approximate surface area is 95.9 Å². The molecule has 4 nitrogen and oxygen atoms in total. The van der Waals surface area contributed by atoms with E-state index in [1.165, 1.54) is 0 Å². The molecule has 1 N–H and O–H groups in total. The Kier molecular flexibility index (Phi) is 4.78. The number of halogens is 1. The Morgan fingerprint density at radius 1 is 1.33 bits per heavy atom. The van der Waals surface area contributed by atoms with Gasteiger partial charge in [-0.05, 0) is 32.9 Å². The van der Waals surface area contributed by atoms with Gasteiger partial charge < -0.3 is 10.1 Å². The summed E-state index contributed by atoms with van der Waals surface area (Å²) in [6.07, 6.45) is 3.98. The van der Waals surface area contributed by atoms with Gasteiger partial charge in [-0.3, -0.25) is 0 Å². The van der Waals surface area contributed by atoms with Crippen molar-refractivity contribution in [2.45, 2.75) is 25.9 Å². The van der Waals surface area contributed by atoms with Gasteiger partial charge in [0.15, 0.2) is 0 Å². The molecule has 0 atom stereocenters. The Bertz CT molecular complexity index is 302. The minimum atomic E-state index is 0. The number of nitrogens with zero attached hydrogens (tertiary/aromatic N) is 2. The highest BCUT2D eigenvalue weighted by atomic mass is 35.5. The number of ether oxygens (including phenoxy) is 1. The first-order chi connectivity index (χ1) is 6.84. The van der Waals surface area contributed by atoms with Crippen LogP contribution in [-0.4, -0.2) is 29.2 Å². The predicted molar refractivity (Wildman–Crippen MR) is 60.5 cm³/mol. The van der Waals surface area contributed by atoms with Gasteiger partial charge in [0.2, 0.25) is 5.88 Å². The quantitative estimate of drug-likeness (QED) is 0.832. The van der Waals surface area contributed by atoms with Crippen LogP contribution in [0.1, 0.15) is 18.5 Å². The maximum absolute atomic E-state index is 5.74. The molecule has 15 heavy (non-hydrogen) atoms. The van der Waals surface area contributed by atoms with Crippen LogP contribution in [0.3, 0.4) is 0 Å². The lowest BCUT2D eigenvalue weighted by atomic mass is 10.1. The summed E-state index contributed by atoms with van der Waals surface area (Å²) in [6.45, 7) is 4.01. The van der Waals surface area contributed by atoms with Crippen molar-refractivity contribution in [2.24, 2.45) is 0 Å². The van der Waals surface area contributed by atoms with E-state index in [0.29, 0.717) is 12.0 Å². The lowest BCUT2D eigenvalue weighted by molar-refractivity contribution is 0.155. The van der Waals surface area contributed by atoms with Crippen molar-refractivity contribution in [1.82, 2.24) is 15.3 Å². The van der Waals surface area contributed by atoms with E-state index in [-0.39, 0.29) is 12.4 Å². The minimum Gasteiger partial charge on any atom is -0.474 e. The number of aryl methyl sites for hydroxylation is 1. The van der Waals surface area contributed by atoms with Gasteiger partial charge in [0.1, 0.15) is 12.4 Å². The van der Waals surface area contributed by atoms with Crippen LogP contribution in [0.5, 0.6) is 5.88 Å². The zero-order valence-corrected chi connectivity index (χ0v) is 9.59. The molecule has 1 fully saturated rings. The number of piperidine rings is 1. The standard InChI is InChI=1S/C10H15N3O.ClH/c1-8-6-10(13-7-12-8)14-9-2-4-11-5-3-9;/h6-7,9,11H,2-5H2,1H3;1H. The largest absolute Gasteiger partial charge is 0.474 e. The van der Waals surface area contributed by atoms with Crippen LogP contribution in [0.2, 0.25) is 0 Å². The summed E-state index contributed by atoms with van der Waals surface area (Å²) < 4.78 is 5.74. The van der Waals surface area contributed by atoms with Crippen molar-refractivity contribution in [1.29, 1.82) is 0 Å². The normalized spacial score (nSPS) is 16.9. The molecule has 1 aromatic heterocycles. The van der Waals surface area contributed by atoms with Crippen LogP contribution in [0.15, 0.2) is 12.4 Å². The summed E-state index contributed by atoms with van der Waals surface area (Å²) >= 11 is 0. The molecule has 0 aliphatic carbocycles. The number of hydrogen-bond acceptors (Lipinski definition) is 4. The fourth-order valence-electron chi connectivity index (χ4n) is 1.58. The second-order valence-electron chi connectivity index (χ2n) is 3.56. The van der Waals surface area contributed by atoms with E-state index < -0.39 is 0 Å².